The molecule has 6 N–H and O–H groups in total. The number of Topliss-reactive ketones (excluding diaryl/α,β-unsaturated/α-hetero) is 1. The van der Waals surface area contributed by atoms with E-state index in [4.69, 9.17) is 11.1 Å². The number of H-pyrrole nitrogens is 1. The zero-order valence-electron chi connectivity index (χ0n) is 14.8. The maximum absolute atomic E-state index is 11.1. The van der Waals surface area contributed by atoms with E-state index >= 15 is 0 Å². The highest BCUT2D eigenvalue weighted by molar-refractivity contribution is 9.10. The fourth-order valence-corrected chi connectivity index (χ4v) is 2.46. The van der Waals surface area contributed by atoms with E-state index in [2.05, 4.69) is 47.8 Å². The van der Waals surface area contributed by atoms with Gasteiger partial charge >= 0.3 is 5.69 Å². The Hall–Kier alpha value is -2.56. The number of halogens is 2. The van der Waals surface area contributed by atoms with Crippen molar-refractivity contribution in [3.63, 3.8) is 0 Å². The first kappa shape index (κ1) is 23.5. The zero-order valence-corrected chi connectivity index (χ0v) is 18.0. The molecule has 1 aromatic heterocycles. The Kier molecular flexibility index (Phi) is 10.7. The van der Waals surface area contributed by atoms with E-state index in [0.717, 1.165) is 26.5 Å². The Labute approximate surface area is 178 Å². The summed E-state index contributed by atoms with van der Waals surface area (Å²) < 4.78 is 3.44. The van der Waals surface area contributed by atoms with Crippen LogP contribution in [0.3, 0.4) is 0 Å². The Morgan fingerprint density at radius 1 is 1.11 bits per heavy atom. The van der Waals surface area contributed by atoms with Crippen LogP contribution < -0.4 is 17.2 Å². The predicted molar refractivity (Wildman–Crippen MR) is 117 cm³/mol. The first-order valence-corrected chi connectivity index (χ1v) is 9.54. The first-order valence-electron chi connectivity index (χ1n) is 7.96. The van der Waals surface area contributed by atoms with E-state index in [-0.39, 0.29) is 18.0 Å². The molecule has 10 heteroatoms. The summed E-state index contributed by atoms with van der Waals surface area (Å²) >= 11 is 6.64. The van der Waals surface area contributed by atoms with Crippen LogP contribution in [-0.4, -0.2) is 33.4 Å². The molecule has 0 saturated carbocycles. The smallest absolute Gasteiger partial charge is 0.347 e. The van der Waals surface area contributed by atoms with Crippen LogP contribution in [0.1, 0.15) is 5.56 Å². The number of hydrogen-bond donors (Lipinski definition) is 4. The summed E-state index contributed by atoms with van der Waals surface area (Å²) in [5.74, 6) is 0.0670. The molecule has 0 amide bonds. The normalized spacial score (nSPS) is 9.39. The van der Waals surface area contributed by atoms with E-state index in [1.54, 1.807) is 0 Å². The second-order valence-electron chi connectivity index (χ2n) is 5.22. The number of nitrogens with two attached hydrogens (primary N) is 2. The number of aromatic nitrogens is 3. The van der Waals surface area contributed by atoms with Gasteiger partial charge in [-0.1, -0.05) is 44.0 Å². The van der Waals surface area contributed by atoms with Crippen molar-refractivity contribution in [2.24, 2.45) is 11.5 Å². The third kappa shape index (κ3) is 8.42. The molecule has 1 heterocycles. The van der Waals surface area contributed by atoms with Gasteiger partial charge in [0, 0.05) is 15.4 Å². The van der Waals surface area contributed by atoms with Gasteiger partial charge in [-0.25, -0.2) is 14.5 Å². The molecule has 0 atom stereocenters. The summed E-state index contributed by atoms with van der Waals surface area (Å²) in [5, 5.41) is 11.8. The van der Waals surface area contributed by atoms with Crippen molar-refractivity contribution in [3.05, 3.63) is 79.9 Å². The second kappa shape index (κ2) is 12.8. The Morgan fingerprint density at radius 2 is 1.61 bits per heavy atom. The molecule has 0 aliphatic carbocycles. The first-order chi connectivity index (χ1) is 13.4. The Morgan fingerprint density at radius 3 is 2.04 bits per heavy atom. The van der Waals surface area contributed by atoms with Crippen molar-refractivity contribution in [2.75, 3.05) is 6.54 Å². The van der Waals surface area contributed by atoms with Crippen molar-refractivity contribution in [2.45, 2.75) is 6.42 Å². The lowest BCUT2D eigenvalue weighted by molar-refractivity contribution is -0.117. The van der Waals surface area contributed by atoms with Crippen LogP contribution >= 0.6 is 31.9 Å². The average molecular weight is 512 g/mol. The number of ketones is 1. The molecule has 8 nitrogen and oxygen atoms in total. The number of nitrogens with one attached hydrogen (secondary N) is 2. The summed E-state index contributed by atoms with van der Waals surface area (Å²) in [6.07, 6.45) is 2.63. The highest BCUT2D eigenvalue weighted by Gasteiger charge is 2.00. The molecule has 0 aliphatic rings. The van der Waals surface area contributed by atoms with Crippen LogP contribution in [0, 0.1) is 5.41 Å². The fourth-order valence-electron chi connectivity index (χ4n) is 1.94. The fraction of sp³-hybridized carbons (Fsp3) is 0.111. The maximum Gasteiger partial charge on any atom is 0.347 e. The van der Waals surface area contributed by atoms with E-state index in [1.807, 2.05) is 48.5 Å². The van der Waals surface area contributed by atoms with Crippen molar-refractivity contribution in [3.8, 4) is 5.69 Å². The highest BCUT2D eigenvalue weighted by Crippen LogP contribution is 2.12. The molecule has 0 radical (unpaired) electrons. The van der Waals surface area contributed by atoms with Gasteiger partial charge in [0.25, 0.3) is 0 Å². The van der Waals surface area contributed by atoms with Crippen molar-refractivity contribution in [1.82, 2.24) is 14.8 Å². The Bertz CT molecular complexity index is 920. The van der Waals surface area contributed by atoms with E-state index in [0.29, 0.717) is 6.42 Å². The van der Waals surface area contributed by atoms with Gasteiger partial charge in [-0.3, -0.25) is 10.2 Å². The van der Waals surface area contributed by atoms with Gasteiger partial charge in [0.15, 0.2) is 5.78 Å². The molecule has 0 aliphatic heterocycles. The van der Waals surface area contributed by atoms with Crippen LogP contribution in [0.25, 0.3) is 5.69 Å². The van der Waals surface area contributed by atoms with E-state index < -0.39 is 0 Å². The van der Waals surface area contributed by atoms with Crippen LogP contribution in [0.15, 0.2) is 68.6 Å². The van der Waals surface area contributed by atoms with Crippen LogP contribution in [0.4, 0.5) is 0 Å². The number of aromatic amines is 1. The average Bonchev–Trinajstić information content (AvgIpc) is 3.11. The summed E-state index contributed by atoms with van der Waals surface area (Å²) in [6, 6.07) is 15.1. The van der Waals surface area contributed by atoms with Crippen LogP contribution in [0.5, 0.6) is 0 Å². The zero-order chi connectivity index (χ0) is 20.9. The topological polar surface area (TPSA) is 144 Å². The number of carbonyl (C=O) groups excluding carboxylic acids is 1. The third-order valence-corrected chi connectivity index (χ3v) is 4.26. The number of carbonyl (C=O) groups is 1. The van der Waals surface area contributed by atoms with E-state index in [9.17, 15) is 9.59 Å². The van der Waals surface area contributed by atoms with Crippen molar-refractivity contribution in [1.29, 1.82) is 5.41 Å². The highest BCUT2D eigenvalue weighted by atomic mass is 79.9. The molecule has 3 aromatic rings. The molecular formula is C18H20Br2N6O2. The quantitative estimate of drug-likeness (QED) is 0.314. The van der Waals surface area contributed by atoms with Gasteiger partial charge in [0.1, 0.15) is 6.33 Å². The molecule has 148 valence electrons. The lowest BCUT2D eigenvalue weighted by atomic mass is 10.1. The third-order valence-electron chi connectivity index (χ3n) is 3.20. The minimum absolute atomic E-state index is 0.0670. The standard InChI is InChI=1S/C9H10BrNO.C8H6BrN3O.CH4N2/c10-8-3-1-7(2-4-8)5-9(12)6-11;9-6-1-3-7(4-2-6)12-5-10-11-8(12)13;2-1-3/h1-4H,5-6,11H2;1-5H,(H,11,13);1H,(H3,2,3). The summed E-state index contributed by atoms with van der Waals surface area (Å²) in [6.45, 7) is 0.121. The lowest BCUT2D eigenvalue weighted by Gasteiger charge is -1.98. The molecule has 0 unspecified atom stereocenters. The largest absolute Gasteiger partial charge is 0.390 e. The van der Waals surface area contributed by atoms with Gasteiger partial charge in [0.05, 0.1) is 18.6 Å². The summed E-state index contributed by atoms with van der Waals surface area (Å²) in [7, 11) is 0. The van der Waals surface area contributed by atoms with Crippen molar-refractivity contribution >= 4 is 44.0 Å². The van der Waals surface area contributed by atoms with Gasteiger partial charge in [0.2, 0.25) is 0 Å². The molecule has 0 bridgehead atoms. The van der Waals surface area contributed by atoms with Gasteiger partial charge < -0.3 is 11.5 Å². The maximum atomic E-state index is 11.1. The van der Waals surface area contributed by atoms with Crippen LogP contribution in [-0.2, 0) is 11.2 Å². The number of benzene rings is 2. The summed E-state index contributed by atoms with van der Waals surface area (Å²) in [4.78, 5) is 22.1. The molecular weight excluding hydrogens is 492 g/mol. The lowest BCUT2D eigenvalue weighted by Crippen LogP contribution is -2.15. The monoisotopic (exact) mass is 510 g/mol. The molecule has 0 fully saturated rings. The molecule has 2 aromatic carbocycles. The van der Waals surface area contributed by atoms with Gasteiger partial charge in [-0.15, -0.1) is 0 Å². The number of rotatable bonds is 4. The number of hydrogen-bond acceptors (Lipinski definition) is 5. The summed E-state index contributed by atoms with van der Waals surface area (Å²) in [5.41, 5.74) is 11.1. The van der Waals surface area contributed by atoms with Gasteiger partial charge in [-0.2, -0.15) is 5.10 Å². The minimum atomic E-state index is -0.234. The SMILES string of the molecule is N=CN.NCC(=O)Cc1ccc(Br)cc1.O=c1[nH]ncn1-c1ccc(Br)cc1. The molecule has 3 rings (SSSR count). The van der Waals surface area contributed by atoms with Gasteiger partial charge in [-0.05, 0) is 42.0 Å². The number of nitrogens with zero attached hydrogens (tertiary/aromatic N) is 2. The second-order valence-corrected chi connectivity index (χ2v) is 7.05. The van der Waals surface area contributed by atoms with E-state index in [1.165, 1.54) is 10.9 Å². The Balaban J connectivity index is 0.000000247. The molecule has 0 saturated heterocycles. The molecule has 0 spiro atoms. The van der Waals surface area contributed by atoms with Crippen molar-refractivity contribution < 1.29 is 4.79 Å². The van der Waals surface area contributed by atoms with Crippen LogP contribution in [0.2, 0.25) is 0 Å². The molecule has 28 heavy (non-hydrogen) atoms. The predicted octanol–water partition coefficient (Wildman–Crippen LogP) is 2.39. The minimum Gasteiger partial charge on any atom is -0.390 e.